The van der Waals surface area contributed by atoms with E-state index in [1.807, 2.05) is 0 Å². The third-order valence-electron chi connectivity index (χ3n) is 2.25. The first-order valence-electron chi connectivity index (χ1n) is 4.84. The van der Waals surface area contributed by atoms with Gasteiger partial charge in [-0.15, -0.1) is 0 Å². The molecular formula is C11H8ClFN2O2. The zero-order chi connectivity index (χ0) is 12.6. The molecule has 0 spiro atoms. The quantitative estimate of drug-likeness (QED) is 0.768. The van der Waals surface area contributed by atoms with E-state index in [9.17, 15) is 14.0 Å². The third-order valence-corrected chi connectivity index (χ3v) is 2.54. The molecule has 17 heavy (non-hydrogen) atoms. The summed E-state index contributed by atoms with van der Waals surface area (Å²) in [5, 5.41) is 0.111. The van der Waals surface area contributed by atoms with Gasteiger partial charge in [0.05, 0.1) is 17.4 Å². The van der Waals surface area contributed by atoms with E-state index in [0.29, 0.717) is 0 Å². The van der Waals surface area contributed by atoms with Gasteiger partial charge in [0, 0.05) is 6.07 Å². The maximum Gasteiger partial charge on any atom is 0.262 e. The molecule has 0 aliphatic carbocycles. The van der Waals surface area contributed by atoms with E-state index in [1.165, 1.54) is 13.0 Å². The van der Waals surface area contributed by atoms with Crippen LogP contribution in [0.3, 0.4) is 0 Å². The molecule has 4 nitrogen and oxygen atoms in total. The van der Waals surface area contributed by atoms with Crippen LogP contribution >= 0.6 is 11.6 Å². The second kappa shape index (κ2) is 4.25. The molecule has 0 atom stereocenters. The molecule has 0 saturated carbocycles. The summed E-state index contributed by atoms with van der Waals surface area (Å²) >= 11 is 5.78. The molecule has 6 heteroatoms. The van der Waals surface area contributed by atoms with Gasteiger partial charge >= 0.3 is 0 Å². The van der Waals surface area contributed by atoms with E-state index in [-0.39, 0.29) is 28.5 Å². The molecule has 88 valence electrons. The Morgan fingerprint density at radius 3 is 2.88 bits per heavy atom. The van der Waals surface area contributed by atoms with Gasteiger partial charge in [-0.25, -0.2) is 9.37 Å². The van der Waals surface area contributed by atoms with E-state index in [1.54, 1.807) is 0 Å². The Labute approximate surface area is 101 Å². The molecule has 0 aliphatic rings. The second-order valence-electron chi connectivity index (χ2n) is 3.64. The lowest BCUT2D eigenvalue weighted by molar-refractivity contribution is -0.117. The van der Waals surface area contributed by atoms with Gasteiger partial charge in [0.2, 0.25) is 5.28 Å². The lowest BCUT2D eigenvalue weighted by Gasteiger charge is -2.07. The van der Waals surface area contributed by atoms with Crippen molar-refractivity contribution in [3.63, 3.8) is 0 Å². The zero-order valence-electron chi connectivity index (χ0n) is 8.91. The number of halogens is 2. The van der Waals surface area contributed by atoms with E-state index in [2.05, 4.69) is 4.98 Å². The number of hydrogen-bond donors (Lipinski definition) is 0. The summed E-state index contributed by atoms with van der Waals surface area (Å²) in [5.41, 5.74) is -0.269. The van der Waals surface area contributed by atoms with Crippen LogP contribution in [0.15, 0.2) is 23.0 Å². The number of carbonyl (C=O) groups is 1. The molecule has 0 amide bonds. The number of rotatable bonds is 2. The minimum Gasteiger partial charge on any atom is -0.298 e. The van der Waals surface area contributed by atoms with Crippen molar-refractivity contribution in [3.8, 4) is 0 Å². The lowest BCUT2D eigenvalue weighted by atomic mass is 10.2. The molecule has 1 aromatic carbocycles. The predicted octanol–water partition coefficient (Wildman–Crippen LogP) is 1.78. The molecule has 0 fully saturated rings. The first-order valence-corrected chi connectivity index (χ1v) is 5.22. The maximum atomic E-state index is 13.0. The number of hydrogen-bond acceptors (Lipinski definition) is 3. The highest BCUT2D eigenvalue weighted by atomic mass is 35.5. The van der Waals surface area contributed by atoms with Gasteiger partial charge in [-0.1, -0.05) is 0 Å². The number of aromatic nitrogens is 2. The van der Waals surface area contributed by atoms with Crippen molar-refractivity contribution < 1.29 is 9.18 Å². The number of ketones is 1. The van der Waals surface area contributed by atoms with Crippen LogP contribution in [0.2, 0.25) is 5.28 Å². The van der Waals surface area contributed by atoms with Crippen LogP contribution in [-0.2, 0) is 11.3 Å². The Morgan fingerprint density at radius 1 is 1.53 bits per heavy atom. The highest BCUT2D eigenvalue weighted by Crippen LogP contribution is 2.13. The Balaban J connectivity index is 2.76. The second-order valence-corrected chi connectivity index (χ2v) is 3.97. The van der Waals surface area contributed by atoms with Gasteiger partial charge in [0.1, 0.15) is 11.6 Å². The summed E-state index contributed by atoms with van der Waals surface area (Å²) in [7, 11) is 0. The summed E-state index contributed by atoms with van der Waals surface area (Å²) < 4.78 is 14.0. The Hall–Kier alpha value is -1.75. The monoisotopic (exact) mass is 254 g/mol. The van der Waals surface area contributed by atoms with Crippen molar-refractivity contribution in [2.75, 3.05) is 0 Å². The molecule has 1 aromatic heterocycles. The van der Waals surface area contributed by atoms with Gasteiger partial charge in [-0.2, -0.15) is 0 Å². The fraction of sp³-hybridized carbons (Fsp3) is 0.182. The van der Waals surface area contributed by atoms with E-state index >= 15 is 0 Å². The van der Waals surface area contributed by atoms with Gasteiger partial charge in [0.25, 0.3) is 5.56 Å². The molecule has 2 rings (SSSR count). The number of nitrogens with zero attached hydrogens (tertiary/aromatic N) is 2. The molecule has 0 N–H and O–H groups in total. The fourth-order valence-electron chi connectivity index (χ4n) is 1.53. The van der Waals surface area contributed by atoms with Crippen LogP contribution in [0, 0.1) is 5.82 Å². The van der Waals surface area contributed by atoms with E-state index in [0.717, 1.165) is 16.7 Å². The smallest absolute Gasteiger partial charge is 0.262 e. The van der Waals surface area contributed by atoms with Crippen LogP contribution < -0.4 is 5.56 Å². The van der Waals surface area contributed by atoms with Crippen LogP contribution in [0.5, 0.6) is 0 Å². The topological polar surface area (TPSA) is 52.0 Å². The number of carbonyl (C=O) groups excluding carboxylic acids is 1. The number of fused-ring (bicyclic) bond motifs is 1. The van der Waals surface area contributed by atoms with Crippen LogP contribution in [0.1, 0.15) is 6.92 Å². The first-order chi connectivity index (χ1) is 7.99. The highest BCUT2D eigenvalue weighted by molar-refractivity contribution is 6.28. The minimum atomic E-state index is -0.496. The lowest BCUT2D eigenvalue weighted by Crippen LogP contribution is -2.25. The SMILES string of the molecule is CC(=O)Cn1c(Cl)nc2cc(F)ccc2c1=O. The van der Waals surface area contributed by atoms with Crippen molar-refractivity contribution in [2.24, 2.45) is 0 Å². The van der Waals surface area contributed by atoms with Crippen molar-refractivity contribution >= 4 is 28.3 Å². The molecule has 0 saturated heterocycles. The van der Waals surface area contributed by atoms with E-state index < -0.39 is 11.4 Å². The van der Waals surface area contributed by atoms with Gasteiger partial charge in [-0.05, 0) is 30.7 Å². The summed E-state index contributed by atoms with van der Waals surface area (Å²) in [6.45, 7) is 1.20. The molecule has 2 aromatic rings. The molecule has 0 unspecified atom stereocenters. The molecule has 0 bridgehead atoms. The van der Waals surface area contributed by atoms with Crippen molar-refractivity contribution in [2.45, 2.75) is 13.5 Å². The average molecular weight is 255 g/mol. The Morgan fingerprint density at radius 2 is 2.24 bits per heavy atom. The summed E-state index contributed by atoms with van der Waals surface area (Å²) in [5.74, 6) is -0.706. The van der Waals surface area contributed by atoms with Crippen LogP contribution in [0.25, 0.3) is 10.9 Å². The summed E-state index contributed by atoms with van der Waals surface area (Å²) in [6, 6.07) is 3.62. The van der Waals surface area contributed by atoms with Crippen molar-refractivity contribution in [1.82, 2.24) is 9.55 Å². The molecular weight excluding hydrogens is 247 g/mol. The summed E-state index contributed by atoms with van der Waals surface area (Å²) in [4.78, 5) is 26.8. The minimum absolute atomic E-state index is 0.122. The normalized spacial score (nSPS) is 10.8. The van der Waals surface area contributed by atoms with E-state index in [4.69, 9.17) is 11.6 Å². The molecule has 1 heterocycles. The standard InChI is InChI=1S/C11H8ClFN2O2/c1-6(16)5-15-10(17)8-3-2-7(13)4-9(8)14-11(15)12/h2-4H,5H2,1H3. The predicted molar refractivity (Wildman–Crippen MR) is 61.7 cm³/mol. The van der Waals surface area contributed by atoms with Crippen LogP contribution in [0.4, 0.5) is 4.39 Å². The Bertz CT molecular complexity index is 666. The summed E-state index contributed by atoms with van der Waals surface area (Å²) in [6.07, 6.45) is 0. The van der Waals surface area contributed by atoms with Gasteiger partial charge in [0.15, 0.2) is 0 Å². The van der Waals surface area contributed by atoms with Crippen molar-refractivity contribution in [3.05, 3.63) is 39.7 Å². The number of Topliss-reactive ketones (excluding diaryl/α,β-unsaturated/α-hetero) is 1. The maximum absolute atomic E-state index is 13.0. The molecule has 0 aliphatic heterocycles. The fourth-order valence-corrected chi connectivity index (χ4v) is 1.75. The number of benzene rings is 1. The Kier molecular flexibility index (Phi) is 2.93. The largest absolute Gasteiger partial charge is 0.298 e. The third kappa shape index (κ3) is 2.19. The van der Waals surface area contributed by atoms with Crippen molar-refractivity contribution in [1.29, 1.82) is 0 Å². The highest BCUT2D eigenvalue weighted by Gasteiger charge is 2.11. The zero-order valence-corrected chi connectivity index (χ0v) is 9.66. The van der Waals surface area contributed by atoms with Crippen LogP contribution in [-0.4, -0.2) is 15.3 Å². The average Bonchev–Trinajstić information content (AvgIpc) is 2.23. The van der Waals surface area contributed by atoms with Gasteiger partial charge in [-0.3, -0.25) is 14.2 Å². The van der Waals surface area contributed by atoms with Gasteiger partial charge < -0.3 is 0 Å². The molecule has 0 radical (unpaired) electrons. The first kappa shape index (κ1) is 11.7.